The van der Waals surface area contributed by atoms with Crippen LogP contribution in [0.25, 0.3) is 5.13 Å². The molecule has 2 N–H and O–H groups in total. The van der Waals surface area contributed by atoms with Gasteiger partial charge in [0.15, 0.2) is 5.13 Å². The molecule has 0 aliphatic rings. The van der Waals surface area contributed by atoms with E-state index in [0.29, 0.717) is 23.5 Å². The van der Waals surface area contributed by atoms with E-state index in [9.17, 15) is 9.59 Å². The molecule has 2 aromatic heterocycles. The number of aromatic nitrogens is 2. The zero-order chi connectivity index (χ0) is 14.5. The number of carboxylic acid groups (broad SMARTS) is 1. The molecule has 0 aromatic carbocycles. The van der Waals surface area contributed by atoms with Crippen LogP contribution in [0.3, 0.4) is 0 Å². The van der Waals surface area contributed by atoms with Gasteiger partial charge in [-0.05, 0) is 25.5 Å². The molecule has 0 aliphatic heterocycles. The molecule has 106 valence electrons. The summed E-state index contributed by atoms with van der Waals surface area (Å²) in [6, 6.07) is 3.78. The fourth-order valence-electron chi connectivity index (χ4n) is 1.69. The Morgan fingerprint density at radius 2 is 2.10 bits per heavy atom. The molecule has 0 saturated carbocycles. The molecule has 0 radical (unpaired) electrons. The molecule has 0 spiro atoms. The molecular weight excluding hydrogens is 278 g/mol. The number of nitrogens with zero attached hydrogens (tertiary/aromatic N) is 2. The first-order chi connectivity index (χ1) is 9.58. The molecule has 1 amide bonds. The first-order valence-corrected chi connectivity index (χ1v) is 7.00. The minimum absolute atomic E-state index is 0.0522. The molecule has 7 heteroatoms. The maximum atomic E-state index is 12.0. The third-order valence-electron chi connectivity index (χ3n) is 2.67. The number of hydrogen-bond donors (Lipinski definition) is 2. The van der Waals surface area contributed by atoms with Crippen molar-refractivity contribution in [3.63, 3.8) is 0 Å². The Morgan fingerprint density at radius 3 is 2.75 bits per heavy atom. The summed E-state index contributed by atoms with van der Waals surface area (Å²) in [5, 5.41) is 12.0. The number of thiazole rings is 1. The van der Waals surface area contributed by atoms with Crippen LogP contribution < -0.4 is 5.32 Å². The Kier molecular flexibility index (Phi) is 4.52. The van der Waals surface area contributed by atoms with Crippen molar-refractivity contribution >= 4 is 23.2 Å². The maximum absolute atomic E-state index is 12.0. The van der Waals surface area contributed by atoms with Crippen LogP contribution in [0.2, 0.25) is 0 Å². The second-order valence-electron chi connectivity index (χ2n) is 4.25. The van der Waals surface area contributed by atoms with Gasteiger partial charge in [0.2, 0.25) is 0 Å². The number of carbonyl (C=O) groups is 2. The van der Waals surface area contributed by atoms with E-state index >= 15 is 0 Å². The van der Waals surface area contributed by atoms with Gasteiger partial charge in [-0.3, -0.25) is 9.59 Å². The van der Waals surface area contributed by atoms with Crippen molar-refractivity contribution in [1.82, 2.24) is 14.9 Å². The van der Waals surface area contributed by atoms with Crippen LogP contribution in [0.1, 0.15) is 28.2 Å². The number of carbonyl (C=O) groups excluding carboxylic acids is 1. The predicted octanol–water partition coefficient (Wildman–Crippen LogP) is 1.84. The van der Waals surface area contributed by atoms with Crippen LogP contribution in [0.15, 0.2) is 24.5 Å². The molecule has 0 unspecified atom stereocenters. The van der Waals surface area contributed by atoms with Gasteiger partial charge in [0.1, 0.15) is 4.88 Å². The van der Waals surface area contributed by atoms with Gasteiger partial charge in [-0.2, -0.15) is 0 Å². The number of hydrogen-bond acceptors (Lipinski definition) is 4. The number of aryl methyl sites for hydroxylation is 1. The van der Waals surface area contributed by atoms with Gasteiger partial charge in [0, 0.05) is 25.4 Å². The van der Waals surface area contributed by atoms with Crippen LogP contribution >= 0.6 is 11.3 Å². The van der Waals surface area contributed by atoms with Gasteiger partial charge < -0.3 is 15.0 Å². The SMILES string of the molecule is Cc1nc(-n2cccc2)sc1C(=O)NCCCC(=O)O. The van der Waals surface area contributed by atoms with Crippen molar-refractivity contribution < 1.29 is 14.7 Å². The lowest BCUT2D eigenvalue weighted by Gasteiger charge is -2.02. The number of rotatable bonds is 6. The largest absolute Gasteiger partial charge is 0.481 e. The Hall–Kier alpha value is -2.15. The van der Waals surface area contributed by atoms with Gasteiger partial charge in [0.25, 0.3) is 5.91 Å². The fraction of sp³-hybridized carbons (Fsp3) is 0.308. The first kappa shape index (κ1) is 14.3. The predicted molar refractivity (Wildman–Crippen MR) is 75.4 cm³/mol. The lowest BCUT2D eigenvalue weighted by molar-refractivity contribution is -0.137. The first-order valence-electron chi connectivity index (χ1n) is 6.18. The molecule has 0 atom stereocenters. The highest BCUT2D eigenvalue weighted by atomic mass is 32.1. The molecule has 0 saturated heterocycles. The van der Waals surface area contributed by atoms with Gasteiger partial charge in [-0.25, -0.2) is 4.98 Å². The van der Waals surface area contributed by atoms with Gasteiger partial charge in [-0.1, -0.05) is 11.3 Å². The van der Waals surface area contributed by atoms with E-state index in [1.807, 2.05) is 29.1 Å². The Balaban J connectivity index is 1.98. The Morgan fingerprint density at radius 1 is 1.40 bits per heavy atom. The van der Waals surface area contributed by atoms with Crippen LogP contribution in [0, 0.1) is 6.92 Å². The van der Waals surface area contributed by atoms with Crippen molar-refractivity contribution in [3.8, 4) is 5.13 Å². The number of nitrogens with one attached hydrogen (secondary N) is 1. The summed E-state index contributed by atoms with van der Waals surface area (Å²) >= 11 is 1.31. The lowest BCUT2D eigenvalue weighted by Crippen LogP contribution is -2.24. The van der Waals surface area contributed by atoms with Crippen LogP contribution in [0.4, 0.5) is 0 Å². The molecule has 6 nitrogen and oxygen atoms in total. The zero-order valence-electron chi connectivity index (χ0n) is 11.0. The highest BCUT2D eigenvalue weighted by molar-refractivity contribution is 7.16. The van der Waals surface area contributed by atoms with Crippen molar-refractivity contribution in [2.24, 2.45) is 0 Å². The van der Waals surface area contributed by atoms with Crippen LogP contribution in [-0.2, 0) is 4.79 Å². The number of amides is 1. The molecule has 2 rings (SSSR count). The molecule has 0 bridgehead atoms. The van der Waals surface area contributed by atoms with E-state index < -0.39 is 5.97 Å². The molecular formula is C13H15N3O3S. The third kappa shape index (κ3) is 3.45. The topological polar surface area (TPSA) is 84.2 Å². The average Bonchev–Trinajstić information content (AvgIpc) is 3.02. The molecule has 2 aromatic rings. The minimum atomic E-state index is -0.858. The second-order valence-corrected chi connectivity index (χ2v) is 5.23. The summed E-state index contributed by atoms with van der Waals surface area (Å²) < 4.78 is 1.85. The van der Waals surface area contributed by atoms with Crippen molar-refractivity contribution in [2.45, 2.75) is 19.8 Å². The molecule has 0 aliphatic carbocycles. The van der Waals surface area contributed by atoms with Crippen LogP contribution in [-0.4, -0.2) is 33.1 Å². The normalized spacial score (nSPS) is 10.4. The van der Waals surface area contributed by atoms with E-state index in [2.05, 4.69) is 10.3 Å². The van der Waals surface area contributed by atoms with E-state index in [1.54, 1.807) is 6.92 Å². The van der Waals surface area contributed by atoms with E-state index in [1.165, 1.54) is 11.3 Å². The molecule has 2 heterocycles. The minimum Gasteiger partial charge on any atom is -0.481 e. The Labute approximate surface area is 120 Å². The smallest absolute Gasteiger partial charge is 0.303 e. The molecule has 0 fully saturated rings. The summed E-state index contributed by atoms with van der Waals surface area (Å²) in [5.41, 5.74) is 0.675. The third-order valence-corrected chi connectivity index (χ3v) is 3.84. The maximum Gasteiger partial charge on any atom is 0.303 e. The van der Waals surface area contributed by atoms with Crippen molar-refractivity contribution in [1.29, 1.82) is 0 Å². The standard InChI is InChI=1S/C13H15N3O3S/c1-9-11(12(19)14-6-4-5-10(17)18)20-13(15-9)16-7-2-3-8-16/h2-3,7-8H,4-6H2,1H3,(H,14,19)(H,17,18). The number of carboxylic acids is 1. The van der Waals surface area contributed by atoms with E-state index in [-0.39, 0.29) is 12.3 Å². The highest BCUT2D eigenvalue weighted by Gasteiger charge is 2.15. The second kappa shape index (κ2) is 6.33. The van der Waals surface area contributed by atoms with Crippen molar-refractivity contribution in [3.05, 3.63) is 35.1 Å². The number of aliphatic carboxylic acids is 1. The quantitative estimate of drug-likeness (QED) is 0.796. The highest BCUT2D eigenvalue weighted by Crippen LogP contribution is 2.21. The zero-order valence-corrected chi connectivity index (χ0v) is 11.8. The summed E-state index contributed by atoms with van der Waals surface area (Å²) in [4.78, 5) is 27.3. The monoisotopic (exact) mass is 293 g/mol. The van der Waals surface area contributed by atoms with Gasteiger partial charge >= 0.3 is 5.97 Å². The average molecular weight is 293 g/mol. The molecule has 20 heavy (non-hydrogen) atoms. The summed E-state index contributed by atoms with van der Waals surface area (Å²) in [5.74, 6) is -1.06. The van der Waals surface area contributed by atoms with Crippen LogP contribution in [0.5, 0.6) is 0 Å². The lowest BCUT2D eigenvalue weighted by atomic mass is 10.3. The van der Waals surface area contributed by atoms with E-state index in [0.717, 1.165) is 5.13 Å². The van der Waals surface area contributed by atoms with Crippen molar-refractivity contribution in [2.75, 3.05) is 6.54 Å². The summed E-state index contributed by atoms with van der Waals surface area (Å²) in [7, 11) is 0. The summed E-state index contributed by atoms with van der Waals surface area (Å²) in [6.07, 6.45) is 4.21. The van der Waals surface area contributed by atoms with E-state index in [4.69, 9.17) is 5.11 Å². The fourth-order valence-corrected chi connectivity index (χ4v) is 2.64. The van der Waals surface area contributed by atoms with Gasteiger partial charge in [0.05, 0.1) is 5.69 Å². The van der Waals surface area contributed by atoms with Gasteiger partial charge in [-0.15, -0.1) is 0 Å². The Bertz CT molecular complexity index is 604. The summed E-state index contributed by atoms with van der Waals surface area (Å²) in [6.45, 7) is 2.14.